The van der Waals surface area contributed by atoms with Gasteiger partial charge in [0.15, 0.2) is 12.2 Å². The molecule has 3 atom stereocenters. The number of ether oxygens (including phenoxy) is 1. The molecular formula is C11H19ClN4O4. The van der Waals surface area contributed by atoms with Crippen LogP contribution in [0.25, 0.3) is 0 Å². The van der Waals surface area contributed by atoms with Gasteiger partial charge in [0.05, 0.1) is 6.04 Å². The number of hydrogen-bond donors (Lipinski definition) is 2. The fraction of sp³-hybridized carbons (Fsp3) is 0.636. The van der Waals surface area contributed by atoms with E-state index in [0.717, 1.165) is 4.90 Å². The molecule has 2 amide bonds. The molecule has 1 saturated heterocycles. The molecule has 0 aromatic rings. The number of hydrogen-bond acceptors (Lipinski definition) is 5. The monoisotopic (exact) mass is 306 g/mol. The summed E-state index contributed by atoms with van der Waals surface area (Å²) >= 11 is 0. The number of halogens is 1. The number of carbonyl (C=O) groups excluding carboxylic acids is 3. The van der Waals surface area contributed by atoms with Gasteiger partial charge in [0.1, 0.15) is 5.92 Å². The van der Waals surface area contributed by atoms with Crippen LogP contribution in [0.3, 0.4) is 0 Å². The summed E-state index contributed by atoms with van der Waals surface area (Å²) < 4.78 is 5.00. The highest BCUT2D eigenvalue weighted by molar-refractivity contribution is 6.01. The third-order valence-electron chi connectivity index (χ3n) is 2.86. The molecular weight excluding hydrogens is 288 g/mol. The van der Waals surface area contributed by atoms with Gasteiger partial charge < -0.3 is 16.2 Å². The van der Waals surface area contributed by atoms with Crippen LogP contribution in [0.1, 0.15) is 27.2 Å². The van der Waals surface area contributed by atoms with Crippen molar-refractivity contribution in [2.45, 2.75) is 39.5 Å². The zero-order chi connectivity index (χ0) is 14.7. The summed E-state index contributed by atoms with van der Waals surface area (Å²) in [5, 5.41) is 0. The van der Waals surface area contributed by atoms with Gasteiger partial charge in [0.25, 0.3) is 0 Å². The summed E-state index contributed by atoms with van der Waals surface area (Å²) in [5.41, 5.74) is 10.6. The molecule has 1 aliphatic heterocycles. The van der Waals surface area contributed by atoms with Gasteiger partial charge in [-0.15, -0.1) is 12.4 Å². The van der Waals surface area contributed by atoms with Gasteiger partial charge in [0, 0.05) is 13.8 Å². The average Bonchev–Trinajstić information content (AvgIpc) is 2.25. The second-order valence-corrected chi connectivity index (χ2v) is 4.28. The van der Waals surface area contributed by atoms with Gasteiger partial charge in [0.2, 0.25) is 11.8 Å². The Labute approximate surface area is 122 Å². The Morgan fingerprint density at radius 3 is 2.30 bits per heavy atom. The third-order valence-corrected chi connectivity index (χ3v) is 2.86. The number of imide groups is 1. The van der Waals surface area contributed by atoms with Crippen LogP contribution in [0, 0.1) is 5.92 Å². The van der Waals surface area contributed by atoms with Gasteiger partial charge in [-0.05, 0) is 6.42 Å². The smallest absolute Gasteiger partial charge is 0.304 e. The van der Waals surface area contributed by atoms with Crippen molar-refractivity contribution in [3.8, 4) is 0 Å². The molecule has 0 saturated carbocycles. The predicted octanol–water partition coefficient (Wildman–Crippen LogP) is -0.646. The minimum atomic E-state index is -0.935. The molecule has 0 spiro atoms. The Hall–Kier alpha value is -1.83. The summed E-state index contributed by atoms with van der Waals surface area (Å²) in [7, 11) is 0. The highest BCUT2D eigenvalue weighted by Gasteiger charge is 2.55. The molecule has 1 rings (SSSR count). The van der Waals surface area contributed by atoms with E-state index in [0.29, 0.717) is 6.42 Å². The molecule has 20 heavy (non-hydrogen) atoms. The molecule has 1 aliphatic rings. The number of aliphatic imine (C=N–C) groups is 1. The fourth-order valence-corrected chi connectivity index (χ4v) is 2.09. The standard InChI is InChI=1S/C11H18N4O4.ClH/c1-4-7(14-11(12)13)8-9(18)15(5(2)16)10(8)19-6(3)17;/h7-8,10H,4H2,1-3H3,(H4,12,13,14);1H. The molecule has 1 fully saturated rings. The molecule has 0 aliphatic carbocycles. The molecule has 0 bridgehead atoms. The van der Waals surface area contributed by atoms with E-state index < -0.39 is 36.0 Å². The van der Waals surface area contributed by atoms with Crippen LogP contribution >= 0.6 is 12.4 Å². The Balaban J connectivity index is 0.00000361. The summed E-state index contributed by atoms with van der Waals surface area (Å²) in [6.07, 6.45) is -0.451. The second-order valence-electron chi connectivity index (χ2n) is 4.28. The Bertz CT molecular complexity index is 436. The SMILES string of the molecule is CCC(N=C(N)N)C1C(=O)N(C(C)=O)C1OC(C)=O.Cl. The molecule has 0 aromatic carbocycles. The number of likely N-dealkylation sites (tertiary alicyclic amines) is 1. The van der Waals surface area contributed by atoms with Crippen LogP contribution in [0.15, 0.2) is 4.99 Å². The van der Waals surface area contributed by atoms with E-state index in [9.17, 15) is 14.4 Å². The first-order chi connectivity index (χ1) is 8.79. The van der Waals surface area contributed by atoms with Crippen LogP contribution in [-0.4, -0.2) is 40.9 Å². The van der Waals surface area contributed by atoms with E-state index in [-0.39, 0.29) is 18.4 Å². The third kappa shape index (κ3) is 3.60. The quantitative estimate of drug-likeness (QED) is 0.307. The van der Waals surface area contributed by atoms with Crippen LogP contribution < -0.4 is 11.5 Å². The Kier molecular flexibility index (Phi) is 6.44. The van der Waals surface area contributed by atoms with Crippen molar-refractivity contribution in [1.82, 2.24) is 4.90 Å². The van der Waals surface area contributed by atoms with Gasteiger partial charge in [-0.2, -0.15) is 0 Å². The van der Waals surface area contributed by atoms with Crippen LogP contribution in [0.4, 0.5) is 0 Å². The lowest BCUT2D eigenvalue weighted by Crippen LogP contribution is -2.67. The van der Waals surface area contributed by atoms with Crippen LogP contribution in [0.2, 0.25) is 0 Å². The molecule has 114 valence electrons. The normalized spacial score (nSPS) is 22.1. The van der Waals surface area contributed by atoms with Gasteiger partial charge in [-0.25, -0.2) is 9.89 Å². The summed E-state index contributed by atoms with van der Waals surface area (Å²) in [4.78, 5) is 39.2. The number of carbonyl (C=O) groups is 3. The maximum Gasteiger partial charge on any atom is 0.304 e. The Morgan fingerprint density at radius 1 is 1.40 bits per heavy atom. The number of β-lactam (4-membered cyclic amide) rings is 1. The van der Waals surface area contributed by atoms with Crippen molar-refractivity contribution in [2.75, 3.05) is 0 Å². The molecule has 0 aromatic heterocycles. The van der Waals surface area contributed by atoms with Gasteiger partial charge >= 0.3 is 5.97 Å². The first kappa shape index (κ1) is 18.2. The highest BCUT2D eigenvalue weighted by Crippen LogP contribution is 2.33. The first-order valence-electron chi connectivity index (χ1n) is 5.89. The van der Waals surface area contributed by atoms with Crippen molar-refractivity contribution in [2.24, 2.45) is 22.4 Å². The van der Waals surface area contributed by atoms with Crippen molar-refractivity contribution in [3.63, 3.8) is 0 Å². The number of guanidine groups is 1. The summed E-state index contributed by atoms with van der Waals surface area (Å²) in [6.45, 7) is 4.23. The lowest BCUT2D eigenvalue weighted by molar-refractivity contribution is -0.200. The number of amides is 2. The highest BCUT2D eigenvalue weighted by atomic mass is 35.5. The lowest BCUT2D eigenvalue weighted by atomic mass is 9.86. The molecule has 0 radical (unpaired) electrons. The summed E-state index contributed by atoms with van der Waals surface area (Å²) in [5.74, 6) is -2.36. The number of esters is 1. The summed E-state index contributed by atoms with van der Waals surface area (Å²) in [6, 6.07) is -0.516. The fourth-order valence-electron chi connectivity index (χ4n) is 2.09. The second kappa shape index (κ2) is 7.09. The topological polar surface area (TPSA) is 128 Å². The first-order valence-corrected chi connectivity index (χ1v) is 5.89. The van der Waals surface area contributed by atoms with E-state index in [1.807, 2.05) is 0 Å². The molecule has 1 heterocycles. The van der Waals surface area contributed by atoms with Crippen LogP contribution in [-0.2, 0) is 19.1 Å². The number of nitrogens with two attached hydrogens (primary N) is 2. The largest absolute Gasteiger partial charge is 0.440 e. The minimum absolute atomic E-state index is 0. The molecule has 3 unspecified atom stereocenters. The van der Waals surface area contributed by atoms with E-state index >= 15 is 0 Å². The molecule has 8 nitrogen and oxygen atoms in total. The maximum absolute atomic E-state index is 11.9. The Morgan fingerprint density at radius 2 is 1.95 bits per heavy atom. The van der Waals surface area contributed by atoms with Crippen molar-refractivity contribution in [1.29, 1.82) is 0 Å². The van der Waals surface area contributed by atoms with E-state index in [4.69, 9.17) is 16.2 Å². The molecule has 4 N–H and O–H groups in total. The lowest BCUT2D eigenvalue weighted by Gasteiger charge is -2.45. The van der Waals surface area contributed by atoms with E-state index in [1.165, 1.54) is 13.8 Å². The number of rotatable bonds is 4. The van der Waals surface area contributed by atoms with Crippen LogP contribution in [0.5, 0.6) is 0 Å². The average molecular weight is 307 g/mol. The molecule has 9 heteroatoms. The predicted molar refractivity (Wildman–Crippen MR) is 73.7 cm³/mol. The minimum Gasteiger partial charge on any atom is -0.440 e. The zero-order valence-electron chi connectivity index (χ0n) is 11.5. The van der Waals surface area contributed by atoms with Crippen molar-refractivity contribution in [3.05, 3.63) is 0 Å². The van der Waals surface area contributed by atoms with E-state index in [2.05, 4.69) is 4.99 Å². The maximum atomic E-state index is 11.9. The van der Waals surface area contributed by atoms with Crippen molar-refractivity contribution < 1.29 is 19.1 Å². The zero-order valence-corrected chi connectivity index (χ0v) is 12.3. The van der Waals surface area contributed by atoms with Crippen molar-refractivity contribution >= 4 is 36.2 Å². The van der Waals surface area contributed by atoms with Gasteiger partial charge in [-0.3, -0.25) is 14.4 Å². The van der Waals surface area contributed by atoms with E-state index in [1.54, 1.807) is 6.92 Å². The van der Waals surface area contributed by atoms with Gasteiger partial charge in [-0.1, -0.05) is 6.92 Å². The number of nitrogens with zero attached hydrogens (tertiary/aromatic N) is 2.